The van der Waals surface area contributed by atoms with Crippen molar-refractivity contribution in [1.29, 1.82) is 0 Å². The van der Waals surface area contributed by atoms with Gasteiger partial charge < -0.3 is 9.64 Å². The van der Waals surface area contributed by atoms with Crippen molar-refractivity contribution in [2.24, 2.45) is 46.3 Å². The molecular weight excluding hydrogens is 501 g/mol. The van der Waals surface area contributed by atoms with E-state index < -0.39 is 0 Å². The lowest BCUT2D eigenvalue weighted by molar-refractivity contribution is -0.0592. The Morgan fingerprint density at radius 1 is 1.03 bits per heavy atom. The molecule has 0 N–H and O–H groups in total. The molecule has 0 bridgehead atoms. The number of rotatable bonds is 10. The second kappa shape index (κ2) is 12.4. The Kier molecular flexibility index (Phi) is 9.91. The van der Waals surface area contributed by atoms with Gasteiger partial charge in [-0.3, -0.25) is 0 Å². The Morgan fingerprint density at radius 2 is 1.76 bits per heavy atom. The molecule has 3 saturated carbocycles. The van der Waals surface area contributed by atoms with Gasteiger partial charge in [-0.2, -0.15) is 0 Å². The number of halogens is 2. The van der Waals surface area contributed by atoms with E-state index in [-0.39, 0.29) is 17.6 Å². The summed E-state index contributed by atoms with van der Waals surface area (Å²) < 4.78 is 5.99. The molecule has 8 atom stereocenters. The van der Waals surface area contributed by atoms with Crippen LogP contribution in [0.3, 0.4) is 0 Å². The molecule has 37 heavy (non-hydrogen) atoms. The van der Waals surface area contributed by atoms with Crippen LogP contribution in [0.4, 0.5) is 4.79 Å². The molecule has 4 rings (SSSR count). The van der Waals surface area contributed by atoms with Crippen LogP contribution in [0.15, 0.2) is 11.6 Å². The average Bonchev–Trinajstić information content (AvgIpc) is 3.21. The molecule has 0 aliphatic heterocycles. The van der Waals surface area contributed by atoms with Crippen LogP contribution in [-0.2, 0) is 4.74 Å². The maximum Gasteiger partial charge on any atom is 0.410 e. The molecule has 3 nitrogen and oxygen atoms in total. The minimum atomic E-state index is -0.253. The van der Waals surface area contributed by atoms with Gasteiger partial charge in [0.15, 0.2) is 0 Å². The molecule has 1 amide bonds. The Labute approximate surface area is 237 Å². The lowest BCUT2D eigenvalue weighted by Gasteiger charge is -2.58. The van der Waals surface area contributed by atoms with E-state index in [4.69, 9.17) is 27.9 Å². The van der Waals surface area contributed by atoms with Gasteiger partial charge >= 0.3 is 6.09 Å². The van der Waals surface area contributed by atoms with Crippen LogP contribution in [-0.4, -0.2) is 41.9 Å². The number of nitrogens with zero attached hydrogens (tertiary/aromatic N) is 1. The number of allylic oxidation sites excluding steroid dienone is 1. The average molecular weight is 555 g/mol. The molecule has 0 aromatic carbocycles. The third-order valence-electron chi connectivity index (χ3n) is 11.5. The summed E-state index contributed by atoms with van der Waals surface area (Å²) in [6, 6.07) is 0. The summed E-state index contributed by atoms with van der Waals surface area (Å²) >= 11 is 11.8. The molecule has 1 unspecified atom stereocenters. The van der Waals surface area contributed by atoms with Gasteiger partial charge in [0.1, 0.15) is 6.10 Å². The summed E-state index contributed by atoms with van der Waals surface area (Å²) in [6.45, 7) is 13.5. The third kappa shape index (κ3) is 6.03. The number of ether oxygens (including phenoxy) is 1. The molecule has 4 aliphatic rings. The molecule has 0 radical (unpaired) electrons. The number of alkyl halides is 2. The van der Waals surface area contributed by atoms with Crippen LogP contribution in [0.2, 0.25) is 0 Å². The monoisotopic (exact) mass is 553 g/mol. The molecule has 0 spiro atoms. The molecule has 3 fully saturated rings. The molecule has 0 heterocycles. The van der Waals surface area contributed by atoms with E-state index in [9.17, 15) is 4.79 Å². The zero-order valence-electron chi connectivity index (χ0n) is 24.2. The predicted octanol–water partition coefficient (Wildman–Crippen LogP) is 9.31. The molecule has 4 aliphatic carbocycles. The lowest BCUT2D eigenvalue weighted by Crippen LogP contribution is -2.51. The normalized spacial score (nSPS) is 37.8. The van der Waals surface area contributed by atoms with E-state index in [1.54, 1.807) is 10.5 Å². The van der Waals surface area contributed by atoms with Crippen molar-refractivity contribution in [1.82, 2.24) is 4.90 Å². The fourth-order valence-corrected chi connectivity index (χ4v) is 9.88. The fraction of sp³-hybridized carbons (Fsp3) is 0.906. The van der Waals surface area contributed by atoms with E-state index in [0.717, 1.165) is 54.8 Å². The van der Waals surface area contributed by atoms with Gasteiger partial charge in [0.25, 0.3) is 0 Å². The van der Waals surface area contributed by atoms with Crippen LogP contribution >= 0.6 is 23.2 Å². The number of fused-ring (bicyclic) bond motifs is 5. The highest BCUT2D eigenvalue weighted by atomic mass is 35.5. The Hall–Kier alpha value is -0.410. The summed E-state index contributed by atoms with van der Waals surface area (Å²) in [5.41, 5.74) is 2.38. The Morgan fingerprint density at radius 3 is 2.43 bits per heavy atom. The lowest BCUT2D eigenvalue weighted by atomic mass is 9.47. The van der Waals surface area contributed by atoms with E-state index in [0.29, 0.717) is 30.3 Å². The number of carbonyl (C=O) groups is 1. The van der Waals surface area contributed by atoms with Gasteiger partial charge in [-0.25, -0.2) is 4.79 Å². The minimum absolute atomic E-state index is 0.0204. The summed E-state index contributed by atoms with van der Waals surface area (Å²) in [4.78, 5) is 14.4. The Bertz CT molecular complexity index is 809. The number of amides is 1. The maximum atomic E-state index is 12.8. The van der Waals surface area contributed by atoms with Gasteiger partial charge in [-0.05, 0) is 91.3 Å². The molecule has 212 valence electrons. The summed E-state index contributed by atoms with van der Waals surface area (Å²) in [5.74, 6) is 5.91. The van der Waals surface area contributed by atoms with Crippen LogP contribution in [0.1, 0.15) is 105 Å². The molecule has 0 aromatic heterocycles. The summed E-state index contributed by atoms with van der Waals surface area (Å²) in [6.07, 6.45) is 16.4. The molecule has 0 aromatic rings. The minimum Gasteiger partial charge on any atom is -0.446 e. The number of hydrogen-bond acceptors (Lipinski definition) is 2. The highest BCUT2D eigenvalue weighted by Crippen LogP contribution is 2.67. The quantitative estimate of drug-likeness (QED) is 0.199. The molecular formula is C32H53Cl2NO2. The van der Waals surface area contributed by atoms with Crippen LogP contribution < -0.4 is 0 Å². The zero-order valence-corrected chi connectivity index (χ0v) is 25.8. The summed E-state index contributed by atoms with van der Waals surface area (Å²) in [5, 5.41) is 0. The first-order valence-electron chi connectivity index (χ1n) is 15.4. The highest BCUT2D eigenvalue weighted by molar-refractivity contribution is 6.18. The first kappa shape index (κ1) is 29.6. The van der Waals surface area contributed by atoms with Crippen molar-refractivity contribution < 1.29 is 9.53 Å². The second-order valence-corrected chi connectivity index (χ2v) is 14.7. The zero-order chi connectivity index (χ0) is 26.8. The number of hydrogen-bond donors (Lipinski definition) is 0. The van der Waals surface area contributed by atoms with Gasteiger partial charge in [-0.15, -0.1) is 23.2 Å². The Balaban J connectivity index is 1.41. The van der Waals surface area contributed by atoms with Crippen LogP contribution in [0, 0.1) is 46.3 Å². The second-order valence-electron chi connectivity index (χ2n) is 13.9. The van der Waals surface area contributed by atoms with Gasteiger partial charge in [0.05, 0.1) is 0 Å². The maximum absolute atomic E-state index is 12.8. The smallest absolute Gasteiger partial charge is 0.410 e. The summed E-state index contributed by atoms with van der Waals surface area (Å²) in [7, 11) is 0. The van der Waals surface area contributed by atoms with Crippen molar-refractivity contribution in [2.75, 3.05) is 24.8 Å². The van der Waals surface area contributed by atoms with Crippen LogP contribution in [0.5, 0.6) is 0 Å². The highest BCUT2D eigenvalue weighted by Gasteiger charge is 2.59. The first-order chi connectivity index (χ1) is 17.6. The van der Waals surface area contributed by atoms with Crippen LogP contribution in [0.25, 0.3) is 0 Å². The van der Waals surface area contributed by atoms with Gasteiger partial charge in [-0.1, -0.05) is 65.5 Å². The van der Waals surface area contributed by atoms with Crippen molar-refractivity contribution in [2.45, 2.75) is 111 Å². The van der Waals surface area contributed by atoms with E-state index in [2.05, 4.69) is 40.7 Å². The topological polar surface area (TPSA) is 29.5 Å². The van der Waals surface area contributed by atoms with Crippen molar-refractivity contribution in [3.63, 3.8) is 0 Å². The fourth-order valence-electron chi connectivity index (χ4n) is 9.47. The van der Waals surface area contributed by atoms with Crippen molar-refractivity contribution in [3.8, 4) is 0 Å². The number of carbonyl (C=O) groups excluding carboxylic acids is 1. The standard InChI is InChI=1S/C32H53Cl2NO2/c1-22(2)7-6-8-23(3)27-11-12-28-26-10-9-24-21-25(37-30(36)35(19-17-33)20-18-34)13-15-31(24,4)29(26)14-16-32(27,28)5/h9,22-23,25-29H,6-8,10-21H2,1-5H3/t23-,25?,26+,27-,28+,29+,31+,32-/m1/s1. The SMILES string of the molecule is CC(C)CCC[C@@H](C)[C@H]1CC[C@H]2[C@@H]3CC=C4CC(OC(=O)N(CCCl)CCCl)CC[C@]4(C)[C@H]3CC[C@]12C. The van der Waals surface area contributed by atoms with E-state index in [1.807, 2.05) is 0 Å². The molecule has 0 saturated heterocycles. The van der Waals surface area contributed by atoms with E-state index >= 15 is 0 Å². The molecule has 5 heteroatoms. The first-order valence-corrected chi connectivity index (χ1v) is 16.5. The van der Waals surface area contributed by atoms with E-state index in [1.165, 1.54) is 51.4 Å². The van der Waals surface area contributed by atoms with Crippen molar-refractivity contribution in [3.05, 3.63) is 11.6 Å². The largest absolute Gasteiger partial charge is 0.446 e. The predicted molar refractivity (Wildman–Crippen MR) is 156 cm³/mol. The van der Waals surface area contributed by atoms with Gasteiger partial charge in [0.2, 0.25) is 0 Å². The van der Waals surface area contributed by atoms with Gasteiger partial charge in [0, 0.05) is 31.3 Å². The third-order valence-corrected chi connectivity index (χ3v) is 11.8. The van der Waals surface area contributed by atoms with Crippen molar-refractivity contribution >= 4 is 29.3 Å².